The SMILES string of the molecule is CCc1cc(-c2cc(-c3ccc(-c4ccccn4)cc3)no2)cc(CC)c1CC. The number of hydrogen-bond acceptors (Lipinski definition) is 3. The minimum absolute atomic E-state index is 0.820. The van der Waals surface area contributed by atoms with Crippen LogP contribution in [0.5, 0.6) is 0 Å². The molecule has 0 atom stereocenters. The Labute approximate surface area is 172 Å². The lowest BCUT2D eigenvalue weighted by Crippen LogP contribution is -1.98. The van der Waals surface area contributed by atoms with Crippen molar-refractivity contribution in [2.75, 3.05) is 0 Å². The van der Waals surface area contributed by atoms with Gasteiger partial charge in [0.25, 0.3) is 0 Å². The highest BCUT2D eigenvalue weighted by atomic mass is 16.5. The second-order valence-electron chi connectivity index (χ2n) is 7.20. The molecule has 4 aromatic rings. The predicted octanol–water partition coefficient (Wildman–Crippen LogP) is 6.76. The fourth-order valence-electron chi connectivity index (χ4n) is 3.92. The molecular weight excluding hydrogens is 356 g/mol. The van der Waals surface area contributed by atoms with E-state index in [-0.39, 0.29) is 0 Å². The van der Waals surface area contributed by atoms with Crippen LogP contribution in [0.15, 0.2) is 71.4 Å². The van der Waals surface area contributed by atoms with Crippen molar-refractivity contribution < 1.29 is 4.52 Å². The maximum atomic E-state index is 5.73. The van der Waals surface area contributed by atoms with Crippen LogP contribution < -0.4 is 0 Å². The first kappa shape index (κ1) is 19.1. The molecule has 0 N–H and O–H groups in total. The molecule has 0 fully saturated rings. The van der Waals surface area contributed by atoms with Crippen molar-refractivity contribution in [2.45, 2.75) is 40.0 Å². The van der Waals surface area contributed by atoms with Crippen molar-refractivity contribution in [1.82, 2.24) is 10.1 Å². The maximum Gasteiger partial charge on any atom is 0.167 e. The van der Waals surface area contributed by atoms with Crippen LogP contribution in [-0.2, 0) is 19.3 Å². The summed E-state index contributed by atoms with van der Waals surface area (Å²) in [5.74, 6) is 0.820. The monoisotopic (exact) mass is 382 g/mol. The highest BCUT2D eigenvalue weighted by Crippen LogP contribution is 2.31. The Kier molecular flexibility index (Phi) is 5.57. The van der Waals surface area contributed by atoms with Gasteiger partial charge in [-0.05, 0) is 60.2 Å². The van der Waals surface area contributed by atoms with Crippen LogP contribution in [0.4, 0.5) is 0 Å². The molecule has 2 aromatic heterocycles. The third-order valence-electron chi connectivity index (χ3n) is 5.49. The highest BCUT2D eigenvalue weighted by Gasteiger charge is 2.13. The second-order valence-corrected chi connectivity index (χ2v) is 7.20. The maximum absolute atomic E-state index is 5.73. The summed E-state index contributed by atoms with van der Waals surface area (Å²) in [6.07, 6.45) is 4.93. The lowest BCUT2D eigenvalue weighted by atomic mass is 9.92. The Hall–Kier alpha value is -3.20. The molecule has 146 valence electrons. The fourth-order valence-corrected chi connectivity index (χ4v) is 3.92. The summed E-state index contributed by atoms with van der Waals surface area (Å²) in [6, 6.07) is 20.8. The lowest BCUT2D eigenvalue weighted by Gasteiger charge is -2.13. The molecule has 3 heteroatoms. The molecule has 2 heterocycles. The molecule has 0 aliphatic carbocycles. The van der Waals surface area contributed by atoms with E-state index >= 15 is 0 Å². The van der Waals surface area contributed by atoms with Crippen LogP contribution in [0.1, 0.15) is 37.5 Å². The van der Waals surface area contributed by atoms with Gasteiger partial charge in [0.05, 0.1) is 5.69 Å². The zero-order valence-electron chi connectivity index (χ0n) is 17.3. The van der Waals surface area contributed by atoms with Crippen LogP contribution >= 0.6 is 0 Å². The van der Waals surface area contributed by atoms with Gasteiger partial charge in [0.1, 0.15) is 5.69 Å². The molecular formula is C26H26N2O. The number of benzene rings is 2. The van der Waals surface area contributed by atoms with Crippen molar-refractivity contribution in [3.8, 4) is 33.8 Å². The normalized spacial score (nSPS) is 11.0. The lowest BCUT2D eigenvalue weighted by molar-refractivity contribution is 0.435. The van der Waals surface area contributed by atoms with Crippen molar-refractivity contribution >= 4 is 0 Å². The number of aromatic nitrogens is 2. The average molecular weight is 383 g/mol. The molecule has 0 aliphatic heterocycles. The summed E-state index contributed by atoms with van der Waals surface area (Å²) in [5.41, 5.74) is 9.34. The van der Waals surface area contributed by atoms with Gasteiger partial charge in [-0.3, -0.25) is 4.98 Å². The van der Waals surface area contributed by atoms with Crippen molar-refractivity contribution in [2.24, 2.45) is 0 Å². The number of aryl methyl sites for hydroxylation is 2. The first-order chi connectivity index (χ1) is 14.2. The quantitative estimate of drug-likeness (QED) is 0.370. The van der Waals surface area contributed by atoms with E-state index in [0.717, 1.165) is 53.1 Å². The van der Waals surface area contributed by atoms with Gasteiger partial charge in [-0.15, -0.1) is 0 Å². The predicted molar refractivity (Wildman–Crippen MR) is 119 cm³/mol. The van der Waals surface area contributed by atoms with E-state index in [1.54, 1.807) is 0 Å². The molecule has 0 saturated heterocycles. The molecule has 0 spiro atoms. The third-order valence-corrected chi connectivity index (χ3v) is 5.49. The van der Waals surface area contributed by atoms with Crippen molar-refractivity contribution in [3.05, 3.63) is 83.6 Å². The van der Waals surface area contributed by atoms with Crippen molar-refractivity contribution in [3.63, 3.8) is 0 Å². The summed E-state index contributed by atoms with van der Waals surface area (Å²) >= 11 is 0. The average Bonchev–Trinajstić information content (AvgIpc) is 3.29. The minimum Gasteiger partial charge on any atom is -0.356 e. The van der Waals surface area contributed by atoms with Gasteiger partial charge in [-0.1, -0.05) is 56.3 Å². The second kappa shape index (κ2) is 8.44. The molecule has 0 aliphatic rings. The Bertz CT molecular complexity index is 1070. The molecule has 0 amide bonds. The van der Waals surface area contributed by atoms with E-state index in [1.165, 1.54) is 16.7 Å². The first-order valence-corrected chi connectivity index (χ1v) is 10.4. The zero-order valence-corrected chi connectivity index (χ0v) is 17.3. The molecule has 0 unspecified atom stereocenters. The van der Waals surface area contributed by atoms with Crippen molar-refractivity contribution in [1.29, 1.82) is 0 Å². The Morgan fingerprint density at radius 3 is 1.90 bits per heavy atom. The number of hydrogen-bond donors (Lipinski definition) is 0. The number of pyridine rings is 1. The molecule has 29 heavy (non-hydrogen) atoms. The van der Waals surface area contributed by atoms with Gasteiger partial charge in [0.15, 0.2) is 5.76 Å². The van der Waals surface area contributed by atoms with Gasteiger partial charge < -0.3 is 4.52 Å². The molecule has 0 radical (unpaired) electrons. The molecule has 2 aromatic carbocycles. The van der Waals surface area contributed by atoms with Crippen LogP contribution in [0.3, 0.4) is 0 Å². The number of rotatable bonds is 6. The largest absolute Gasteiger partial charge is 0.356 e. The minimum atomic E-state index is 0.820. The molecule has 0 bridgehead atoms. The van der Waals surface area contributed by atoms with Crippen LogP contribution in [0.2, 0.25) is 0 Å². The highest BCUT2D eigenvalue weighted by molar-refractivity contribution is 5.70. The summed E-state index contributed by atoms with van der Waals surface area (Å²) in [5, 5.41) is 4.33. The first-order valence-electron chi connectivity index (χ1n) is 10.4. The third kappa shape index (κ3) is 3.86. The van der Waals surface area contributed by atoms with Gasteiger partial charge in [-0.25, -0.2) is 0 Å². The van der Waals surface area contributed by atoms with Crippen LogP contribution in [-0.4, -0.2) is 10.1 Å². The smallest absolute Gasteiger partial charge is 0.167 e. The van der Waals surface area contributed by atoms with E-state index in [0.29, 0.717) is 0 Å². The summed E-state index contributed by atoms with van der Waals surface area (Å²) in [7, 11) is 0. The van der Waals surface area contributed by atoms with Gasteiger partial charge >= 0.3 is 0 Å². The van der Waals surface area contributed by atoms with Gasteiger partial charge in [0.2, 0.25) is 0 Å². The van der Waals surface area contributed by atoms with E-state index in [2.05, 4.69) is 67.3 Å². The summed E-state index contributed by atoms with van der Waals surface area (Å²) < 4.78 is 5.73. The van der Waals surface area contributed by atoms with E-state index in [9.17, 15) is 0 Å². The van der Waals surface area contributed by atoms with Gasteiger partial charge in [0, 0.05) is 29.0 Å². The molecule has 3 nitrogen and oxygen atoms in total. The molecule has 4 rings (SSSR count). The summed E-state index contributed by atoms with van der Waals surface area (Å²) in [6.45, 7) is 6.66. The zero-order chi connectivity index (χ0) is 20.2. The molecule has 0 saturated carbocycles. The van der Waals surface area contributed by atoms with Crippen LogP contribution in [0.25, 0.3) is 33.8 Å². The Morgan fingerprint density at radius 2 is 1.34 bits per heavy atom. The van der Waals surface area contributed by atoms with Crippen LogP contribution in [0, 0.1) is 0 Å². The standard InChI is InChI=1S/C26H26N2O/c1-4-18-15-22(16-19(5-2)23(18)6-3)26-17-25(28-29-26)21-12-10-20(11-13-21)24-9-7-8-14-27-24/h7-17H,4-6H2,1-3H3. The summed E-state index contributed by atoms with van der Waals surface area (Å²) in [4.78, 5) is 4.41. The fraction of sp³-hybridized carbons (Fsp3) is 0.231. The Morgan fingerprint density at radius 1 is 0.690 bits per heavy atom. The van der Waals surface area contributed by atoms with E-state index in [1.807, 2.05) is 30.5 Å². The van der Waals surface area contributed by atoms with E-state index in [4.69, 9.17) is 4.52 Å². The van der Waals surface area contributed by atoms with E-state index < -0.39 is 0 Å². The topological polar surface area (TPSA) is 38.9 Å². The number of nitrogens with zero attached hydrogens (tertiary/aromatic N) is 2. The Balaban J connectivity index is 1.65. The van der Waals surface area contributed by atoms with Gasteiger partial charge in [-0.2, -0.15) is 0 Å².